The van der Waals surface area contributed by atoms with Gasteiger partial charge in [-0.3, -0.25) is 10.2 Å². The van der Waals surface area contributed by atoms with E-state index in [1.165, 1.54) is 0 Å². The highest BCUT2D eigenvalue weighted by Crippen LogP contribution is 2.03. The van der Waals surface area contributed by atoms with E-state index in [9.17, 15) is 9.59 Å². The number of carboxylic acid groups (broad SMARTS) is 1. The Labute approximate surface area is 75.4 Å². The highest BCUT2D eigenvalue weighted by molar-refractivity contribution is 5.73. The highest BCUT2D eigenvalue weighted by Gasteiger charge is 2.20. The summed E-state index contributed by atoms with van der Waals surface area (Å²) in [6, 6.07) is -0.986. The lowest BCUT2D eigenvalue weighted by Crippen LogP contribution is -2.34. The Bertz CT molecular complexity index is 179. The van der Waals surface area contributed by atoms with Crippen molar-refractivity contribution in [1.82, 2.24) is 10.7 Å². The number of aliphatic carboxylic acids is 1. The van der Waals surface area contributed by atoms with Crippen LogP contribution in [0.2, 0.25) is 0 Å². The molecule has 13 heavy (non-hydrogen) atoms. The monoisotopic (exact) mass is 190 g/mol. The standard InChI is InChI=1S/C5H9NO2.CH5N3O/c7-5(8)4-2-1-3-6-4;2-1(5)4-3/h4,6H,1-3H2,(H,7,8);3H2,(H3,2,4,5)/t4-;/m0./s1. The van der Waals surface area contributed by atoms with Crippen LogP contribution in [0.4, 0.5) is 4.79 Å². The van der Waals surface area contributed by atoms with E-state index in [0.29, 0.717) is 0 Å². The van der Waals surface area contributed by atoms with Gasteiger partial charge in [0.15, 0.2) is 0 Å². The Morgan fingerprint density at radius 1 is 1.54 bits per heavy atom. The van der Waals surface area contributed by atoms with Crippen molar-refractivity contribution in [3.05, 3.63) is 0 Å². The van der Waals surface area contributed by atoms with Crippen molar-refractivity contribution >= 4 is 12.0 Å². The number of nitrogens with one attached hydrogen (secondary N) is 2. The van der Waals surface area contributed by atoms with Crippen molar-refractivity contribution in [2.75, 3.05) is 6.54 Å². The van der Waals surface area contributed by atoms with E-state index in [2.05, 4.69) is 16.9 Å². The molecular formula is C6H14N4O3. The van der Waals surface area contributed by atoms with Crippen LogP contribution in [0, 0.1) is 0 Å². The van der Waals surface area contributed by atoms with Gasteiger partial charge in [0.2, 0.25) is 0 Å². The molecule has 1 heterocycles. The summed E-state index contributed by atoms with van der Waals surface area (Å²) in [5, 5.41) is 11.2. The first-order valence-electron chi connectivity index (χ1n) is 3.80. The van der Waals surface area contributed by atoms with Crippen LogP contribution in [0.15, 0.2) is 0 Å². The first kappa shape index (κ1) is 11.7. The molecule has 2 amide bonds. The number of urea groups is 1. The maximum atomic E-state index is 10.1. The molecule has 7 nitrogen and oxygen atoms in total. The Hall–Kier alpha value is -1.34. The first-order valence-corrected chi connectivity index (χ1v) is 3.80. The summed E-state index contributed by atoms with van der Waals surface area (Å²) in [6.45, 7) is 0.858. The van der Waals surface area contributed by atoms with Crippen LogP contribution < -0.4 is 22.3 Å². The van der Waals surface area contributed by atoms with Crippen molar-refractivity contribution in [3.63, 3.8) is 0 Å². The topological polar surface area (TPSA) is 130 Å². The number of carbonyl (C=O) groups is 2. The van der Waals surface area contributed by atoms with Crippen LogP contribution in [0.1, 0.15) is 12.8 Å². The molecule has 0 unspecified atom stereocenters. The van der Waals surface area contributed by atoms with Crippen LogP contribution in [-0.2, 0) is 4.79 Å². The van der Waals surface area contributed by atoms with Gasteiger partial charge in [-0.1, -0.05) is 0 Å². The smallest absolute Gasteiger partial charge is 0.326 e. The first-order chi connectivity index (χ1) is 6.07. The molecule has 0 aromatic carbocycles. The lowest BCUT2D eigenvalue weighted by molar-refractivity contribution is -0.139. The zero-order valence-corrected chi connectivity index (χ0v) is 7.12. The van der Waals surface area contributed by atoms with Crippen molar-refractivity contribution in [2.24, 2.45) is 11.6 Å². The van der Waals surface area contributed by atoms with E-state index in [4.69, 9.17) is 5.11 Å². The maximum absolute atomic E-state index is 10.1. The summed E-state index contributed by atoms with van der Waals surface area (Å²) in [4.78, 5) is 19.5. The number of primary amides is 1. The molecule has 1 atom stereocenters. The molecule has 0 aromatic rings. The molecule has 0 aromatic heterocycles. The summed E-state index contributed by atoms with van der Waals surface area (Å²) < 4.78 is 0. The zero-order valence-electron chi connectivity index (χ0n) is 7.12. The minimum atomic E-state index is -0.720. The minimum absolute atomic E-state index is 0.269. The minimum Gasteiger partial charge on any atom is -0.480 e. The molecule has 1 fully saturated rings. The second kappa shape index (κ2) is 6.21. The van der Waals surface area contributed by atoms with Gasteiger partial charge in [-0.15, -0.1) is 0 Å². The van der Waals surface area contributed by atoms with Crippen molar-refractivity contribution in [3.8, 4) is 0 Å². The van der Waals surface area contributed by atoms with E-state index in [-0.39, 0.29) is 6.04 Å². The molecule has 0 radical (unpaired) electrons. The average molecular weight is 190 g/mol. The molecule has 1 aliphatic rings. The van der Waals surface area contributed by atoms with Crippen LogP contribution in [0.25, 0.3) is 0 Å². The number of hydrogen-bond donors (Lipinski definition) is 5. The molecule has 1 saturated heterocycles. The van der Waals surface area contributed by atoms with Gasteiger partial charge in [0.25, 0.3) is 0 Å². The predicted molar refractivity (Wildman–Crippen MR) is 45.6 cm³/mol. The Morgan fingerprint density at radius 2 is 2.08 bits per heavy atom. The average Bonchev–Trinajstić information content (AvgIpc) is 2.57. The van der Waals surface area contributed by atoms with Gasteiger partial charge >= 0.3 is 12.0 Å². The lowest BCUT2D eigenvalue weighted by atomic mass is 10.2. The summed E-state index contributed by atoms with van der Waals surface area (Å²) in [5.74, 6) is 3.73. The van der Waals surface area contributed by atoms with Crippen LogP contribution in [-0.4, -0.2) is 29.7 Å². The van der Waals surface area contributed by atoms with E-state index < -0.39 is 12.0 Å². The van der Waals surface area contributed by atoms with Gasteiger partial charge in [0, 0.05) is 0 Å². The summed E-state index contributed by atoms with van der Waals surface area (Å²) in [7, 11) is 0. The van der Waals surface area contributed by atoms with E-state index in [1.54, 1.807) is 5.43 Å². The number of rotatable bonds is 1. The largest absolute Gasteiger partial charge is 0.480 e. The van der Waals surface area contributed by atoms with Gasteiger partial charge in [0.1, 0.15) is 6.04 Å². The Morgan fingerprint density at radius 3 is 2.23 bits per heavy atom. The number of nitrogens with two attached hydrogens (primary N) is 2. The molecule has 1 rings (SSSR count). The van der Waals surface area contributed by atoms with Gasteiger partial charge in [-0.05, 0) is 19.4 Å². The van der Waals surface area contributed by atoms with Crippen LogP contribution >= 0.6 is 0 Å². The molecule has 1 aliphatic heterocycles. The van der Waals surface area contributed by atoms with Crippen molar-refractivity contribution in [2.45, 2.75) is 18.9 Å². The summed E-state index contributed by atoms with van der Waals surface area (Å²) in [5.41, 5.74) is 6.08. The summed E-state index contributed by atoms with van der Waals surface area (Å²) >= 11 is 0. The number of hydrogen-bond acceptors (Lipinski definition) is 4. The quantitative estimate of drug-likeness (QED) is 0.192. The molecule has 7 heteroatoms. The molecule has 0 saturated carbocycles. The highest BCUT2D eigenvalue weighted by atomic mass is 16.4. The van der Waals surface area contributed by atoms with Crippen LogP contribution in [0.5, 0.6) is 0 Å². The number of amides is 2. The van der Waals surface area contributed by atoms with Crippen molar-refractivity contribution < 1.29 is 14.7 Å². The predicted octanol–water partition coefficient (Wildman–Crippen LogP) is -1.65. The fraction of sp³-hybridized carbons (Fsp3) is 0.667. The number of carbonyl (C=O) groups excluding carboxylic acids is 1. The molecule has 76 valence electrons. The van der Waals surface area contributed by atoms with Crippen molar-refractivity contribution in [1.29, 1.82) is 0 Å². The number of carboxylic acids is 1. The molecule has 0 bridgehead atoms. The van der Waals surface area contributed by atoms with Gasteiger partial charge in [-0.2, -0.15) is 0 Å². The maximum Gasteiger partial charge on any atom is 0.326 e. The number of hydrazine groups is 1. The fourth-order valence-electron chi connectivity index (χ4n) is 0.895. The van der Waals surface area contributed by atoms with E-state index in [0.717, 1.165) is 19.4 Å². The Balaban J connectivity index is 0.000000252. The normalized spacial score (nSPS) is 19.9. The molecule has 7 N–H and O–H groups in total. The SMILES string of the molecule is NNC(N)=O.O=C(O)[C@@H]1CCCN1. The second-order valence-corrected chi connectivity index (χ2v) is 2.50. The van der Waals surface area contributed by atoms with Gasteiger partial charge < -0.3 is 16.2 Å². The summed E-state index contributed by atoms with van der Waals surface area (Å²) in [6.07, 6.45) is 1.78. The zero-order chi connectivity index (χ0) is 10.3. The van der Waals surface area contributed by atoms with E-state index >= 15 is 0 Å². The fourth-order valence-corrected chi connectivity index (χ4v) is 0.895. The van der Waals surface area contributed by atoms with Gasteiger partial charge in [-0.25, -0.2) is 10.6 Å². The molecule has 0 spiro atoms. The molecular weight excluding hydrogens is 176 g/mol. The third-order valence-electron chi connectivity index (χ3n) is 1.50. The Kier molecular flexibility index (Phi) is 5.57. The molecule has 0 aliphatic carbocycles. The van der Waals surface area contributed by atoms with Gasteiger partial charge in [0.05, 0.1) is 0 Å². The van der Waals surface area contributed by atoms with E-state index in [1.807, 2.05) is 0 Å². The lowest BCUT2D eigenvalue weighted by Gasteiger charge is -1.99. The second-order valence-electron chi connectivity index (χ2n) is 2.50. The van der Waals surface area contributed by atoms with Crippen LogP contribution in [0.3, 0.4) is 0 Å². The third kappa shape index (κ3) is 5.88. The third-order valence-corrected chi connectivity index (χ3v) is 1.50.